The van der Waals surface area contributed by atoms with Crippen molar-refractivity contribution in [3.05, 3.63) is 52.2 Å². The summed E-state index contributed by atoms with van der Waals surface area (Å²) in [5.74, 6) is 1.13. The second kappa shape index (κ2) is 8.39. The van der Waals surface area contributed by atoms with Gasteiger partial charge in [0.25, 0.3) is 10.0 Å². The summed E-state index contributed by atoms with van der Waals surface area (Å²) in [6.07, 6.45) is 6.24. The van der Waals surface area contributed by atoms with Crippen molar-refractivity contribution in [3.63, 3.8) is 0 Å². The number of nitrogens with zero attached hydrogens (tertiary/aromatic N) is 2. The number of hydrogen-bond donors (Lipinski definition) is 1. The van der Waals surface area contributed by atoms with Crippen LogP contribution in [0.1, 0.15) is 55.0 Å². The van der Waals surface area contributed by atoms with Crippen molar-refractivity contribution in [3.8, 4) is 0 Å². The molecule has 5 rings (SSSR count). The lowest BCUT2D eigenvalue weighted by Crippen LogP contribution is -2.44. The maximum atomic E-state index is 13.1. The fraction of sp³-hybridized carbons (Fsp3) is 0.478. The minimum atomic E-state index is -3.62. The summed E-state index contributed by atoms with van der Waals surface area (Å²) in [6, 6.07) is 11.3. The van der Waals surface area contributed by atoms with Gasteiger partial charge in [-0.3, -0.25) is 4.79 Å². The van der Waals surface area contributed by atoms with E-state index in [2.05, 4.69) is 27.2 Å². The third-order valence-corrected chi connectivity index (χ3v) is 9.08. The van der Waals surface area contributed by atoms with E-state index >= 15 is 0 Å². The second-order valence-electron chi connectivity index (χ2n) is 8.69. The molecule has 164 valence electrons. The molecule has 31 heavy (non-hydrogen) atoms. The molecule has 1 atom stereocenters. The van der Waals surface area contributed by atoms with E-state index in [1.54, 1.807) is 23.5 Å². The smallest absolute Gasteiger partial charge is 0.285 e. The highest BCUT2D eigenvalue weighted by Crippen LogP contribution is 2.38. The number of benzene rings is 1. The van der Waals surface area contributed by atoms with Crippen LogP contribution in [-0.4, -0.2) is 38.2 Å². The normalized spacial score (nSPS) is 22.2. The van der Waals surface area contributed by atoms with E-state index in [1.807, 2.05) is 17.0 Å². The minimum Gasteiger partial charge on any atom is -0.355 e. The number of hydrogen-bond acceptors (Lipinski definition) is 5. The Kier molecular flexibility index (Phi) is 5.60. The average Bonchev–Trinajstić information content (AvgIpc) is 3.54. The van der Waals surface area contributed by atoms with Crippen LogP contribution in [0.5, 0.6) is 0 Å². The molecule has 1 saturated heterocycles. The zero-order valence-electron chi connectivity index (χ0n) is 17.4. The predicted octanol–water partition coefficient (Wildman–Crippen LogP) is 3.96. The number of piperidine rings is 1. The van der Waals surface area contributed by atoms with Crippen LogP contribution >= 0.6 is 11.3 Å². The summed E-state index contributed by atoms with van der Waals surface area (Å²) in [7, 11) is -3.62. The predicted molar refractivity (Wildman–Crippen MR) is 122 cm³/mol. The minimum absolute atomic E-state index is 0.0473. The quantitative estimate of drug-likeness (QED) is 0.754. The summed E-state index contributed by atoms with van der Waals surface area (Å²) < 4.78 is 28.8. The first kappa shape index (κ1) is 20.7. The number of likely N-dealkylation sites (tertiary alicyclic amines) is 1. The molecule has 1 unspecified atom stereocenters. The average molecular weight is 458 g/mol. The molecule has 1 aliphatic carbocycles. The third kappa shape index (κ3) is 4.03. The highest BCUT2D eigenvalue weighted by atomic mass is 32.2. The van der Waals surface area contributed by atoms with Crippen LogP contribution in [0, 0.1) is 11.8 Å². The first-order chi connectivity index (χ1) is 15.0. The molecule has 1 aromatic carbocycles. The molecule has 1 aromatic heterocycles. The number of fused-ring (bicyclic) bond motifs is 1. The molecule has 3 aliphatic rings. The number of amides is 1. The van der Waals surface area contributed by atoms with E-state index in [9.17, 15) is 13.2 Å². The van der Waals surface area contributed by atoms with E-state index in [0.717, 1.165) is 0 Å². The van der Waals surface area contributed by atoms with Crippen LogP contribution in [0.3, 0.4) is 0 Å². The van der Waals surface area contributed by atoms with Gasteiger partial charge in [-0.25, -0.2) is 0 Å². The van der Waals surface area contributed by atoms with Crippen molar-refractivity contribution < 1.29 is 13.2 Å². The molecular formula is C23H27N3O3S2. The fourth-order valence-corrected chi connectivity index (χ4v) is 7.22. The van der Waals surface area contributed by atoms with Gasteiger partial charge in [-0.05, 0) is 55.2 Å². The van der Waals surface area contributed by atoms with Gasteiger partial charge >= 0.3 is 0 Å². The number of carbonyl (C=O) groups is 1. The Balaban J connectivity index is 1.25. The highest BCUT2D eigenvalue weighted by Gasteiger charge is 2.36. The van der Waals surface area contributed by atoms with Crippen molar-refractivity contribution in [1.29, 1.82) is 0 Å². The van der Waals surface area contributed by atoms with Gasteiger partial charge < -0.3 is 10.2 Å². The van der Waals surface area contributed by atoms with Crippen LogP contribution in [0.4, 0.5) is 0 Å². The Labute approximate surface area is 187 Å². The standard InChI is InChI=1S/C23H27N3O3S2/c27-23(24-21(16-6-1-2-7-16)19-9-5-15-30-19)17-11-13-26(14-12-17)22-18-8-3-4-10-20(18)31(28,29)25-22/h3-5,8-10,15-17,21H,1-2,6-7,11-14H2,(H,24,27). The van der Waals surface area contributed by atoms with Crippen molar-refractivity contribution >= 4 is 33.1 Å². The Hall–Kier alpha value is -2.19. The molecule has 1 N–H and O–H groups in total. The molecule has 3 heterocycles. The van der Waals surface area contributed by atoms with Gasteiger partial charge in [-0.1, -0.05) is 31.0 Å². The van der Waals surface area contributed by atoms with Crippen LogP contribution < -0.4 is 5.32 Å². The van der Waals surface area contributed by atoms with Crippen molar-refractivity contribution in [1.82, 2.24) is 10.2 Å². The topological polar surface area (TPSA) is 78.8 Å². The molecular weight excluding hydrogens is 430 g/mol. The molecule has 8 heteroatoms. The zero-order valence-corrected chi connectivity index (χ0v) is 19.0. The SMILES string of the molecule is O=C(NC(c1cccs1)C1CCCC1)C1CCN(C2=NS(=O)(=O)c3ccccc32)CC1. The first-order valence-electron chi connectivity index (χ1n) is 11.1. The summed E-state index contributed by atoms with van der Waals surface area (Å²) in [5.41, 5.74) is 0.671. The Morgan fingerprint density at radius 3 is 2.52 bits per heavy atom. The number of thiophene rings is 1. The molecule has 0 radical (unpaired) electrons. The van der Waals surface area contributed by atoms with E-state index in [4.69, 9.17) is 0 Å². The molecule has 0 bridgehead atoms. The van der Waals surface area contributed by atoms with E-state index in [0.29, 0.717) is 43.2 Å². The lowest BCUT2D eigenvalue weighted by Gasteiger charge is -2.34. The monoisotopic (exact) mass is 457 g/mol. The van der Waals surface area contributed by atoms with Gasteiger partial charge in [0.1, 0.15) is 4.90 Å². The van der Waals surface area contributed by atoms with Gasteiger partial charge in [0.2, 0.25) is 5.91 Å². The van der Waals surface area contributed by atoms with Gasteiger partial charge in [0, 0.05) is 29.4 Å². The Morgan fingerprint density at radius 1 is 1.06 bits per heavy atom. The van der Waals surface area contributed by atoms with Crippen molar-refractivity contribution in [2.24, 2.45) is 16.2 Å². The highest BCUT2D eigenvalue weighted by molar-refractivity contribution is 7.90. The van der Waals surface area contributed by atoms with Crippen molar-refractivity contribution in [2.75, 3.05) is 13.1 Å². The molecule has 2 aliphatic heterocycles. The first-order valence-corrected chi connectivity index (χ1v) is 13.4. The lowest BCUT2D eigenvalue weighted by atomic mass is 9.92. The number of nitrogens with one attached hydrogen (secondary N) is 1. The molecule has 2 fully saturated rings. The summed E-state index contributed by atoms with van der Waals surface area (Å²) in [6.45, 7) is 1.27. The number of carbonyl (C=O) groups excluding carboxylic acids is 1. The van der Waals surface area contributed by atoms with Crippen LogP contribution in [-0.2, 0) is 14.8 Å². The number of amidine groups is 1. The van der Waals surface area contributed by atoms with Crippen LogP contribution in [0.25, 0.3) is 0 Å². The molecule has 2 aromatic rings. The second-order valence-corrected chi connectivity index (χ2v) is 11.2. The summed E-state index contributed by atoms with van der Waals surface area (Å²) in [4.78, 5) is 16.7. The van der Waals surface area contributed by atoms with Crippen molar-refractivity contribution in [2.45, 2.75) is 49.5 Å². The Morgan fingerprint density at radius 2 is 1.81 bits per heavy atom. The van der Waals surface area contributed by atoms with Crippen LogP contribution in [0.15, 0.2) is 51.1 Å². The van der Waals surface area contributed by atoms with Crippen LogP contribution in [0.2, 0.25) is 0 Å². The van der Waals surface area contributed by atoms with Gasteiger partial charge in [-0.15, -0.1) is 15.7 Å². The number of sulfonamides is 1. The van der Waals surface area contributed by atoms with Gasteiger partial charge in [0.05, 0.1) is 6.04 Å². The van der Waals surface area contributed by atoms with Gasteiger partial charge in [-0.2, -0.15) is 8.42 Å². The van der Waals surface area contributed by atoms with Gasteiger partial charge in [0.15, 0.2) is 5.84 Å². The largest absolute Gasteiger partial charge is 0.355 e. The third-order valence-electron chi connectivity index (χ3n) is 6.80. The summed E-state index contributed by atoms with van der Waals surface area (Å²) >= 11 is 1.72. The Bertz CT molecular complexity index is 1080. The van der Waals surface area contributed by atoms with E-state index in [-0.39, 0.29) is 22.8 Å². The van der Waals surface area contributed by atoms with E-state index < -0.39 is 10.0 Å². The summed E-state index contributed by atoms with van der Waals surface area (Å²) in [5, 5.41) is 5.45. The molecule has 6 nitrogen and oxygen atoms in total. The lowest BCUT2D eigenvalue weighted by molar-refractivity contribution is -0.127. The van der Waals surface area contributed by atoms with E-state index in [1.165, 1.54) is 30.6 Å². The molecule has 0 spiro atoms. The number of rotatable bonds is 4. The maximum absolute atomic E-state index is 13.1. The molecule has 1 amide bonds. The maximum Gasteiger partial charge on any atom is 0.285 e. The fourth-order valence-electron chi connectivity index (χ4n) is 5.12. The molecule has 1 saturated carbocycles. The zero-order chi connectivity index (χ0) is 21.4.